The number of cyclic esters (lactones) is 1. The van der Waals surface area contributed by atoms with Gasteiger partial charge in [0.15, 0.2) is 5.65 Å². The van der Waals surface area contributed by atoms with Crippen molar-refractivity contribution in [1.29, 1.82) is 0 Å². The second-order valence-corrected chi connectivity index (χ2v) is 6.65. The van der Waals surface area contributed by atoms with Crippen LogP contribution in [0.1, 0.15) is 22.0 Å². The van der Waals surface area contributed by atoms with Gasteiger partial charge < -0.3 is 14.8 Å². The van der Waals surface area contributed by atoms with Crippen LogP contribution in [0.4, 0.5) is 15.0 Å². The smallest absolute Gasteiger partial charge is 0.416 e. The van der Waals surface area contributed by atoms with Crippen molar-refractivity contribution in [2.24, 2.45) is 0 Å². The van der Waals surface area contributed by atoms with Crippen molar-refractivity contribution in [3.63, 3.8) is 0 Å². The minimum absolute atomic E-state index is 0.0461. The number of fused-ring (bicyclic) bond motifs is 1. The molecule has 1 aliphatic heterocycles. The minimum atomic E-state index is -0.720. The number of carbonyl (C=O) groups is 2. The Bertz CT molecular complexity index is 1120. The SMILES string of the molecule is COc1ncc(F)cc1[C@H]1COC(=O)N1c1ccn2ncc(C(=O)NCCCl)c2n1. The van der Waals surface area contributed by atoms with Gasteiger partial charge in [0.25, 0.3) is 5.91 Å². The molecule has 1 N–H and O–H groups in total. The zero-order valence-corrected chi connectivity index (χ0v) is 16.5. The fraction of sp³-hybridized carbons (Fsp3) is 0.278. The molecule has 0 aliphatic carbocycles. The highest BCUT2D eigenvalue weighted by atomic mass is 35.5. The van der Waals surface area contributed by atoms with E-state index in [-0.39, 0.29) is 41.9 Å². The number of hydrogen-bond acceptors (Lipinski definition) is 7. The number of rotatable bonds is 6. The van der Waals surface area contributed by atoms with Gasteiger partial charge in [0.2, 0.25) is 5.88 Å². The van der Waals surface area contributed by atoms with Gasteiger partial charge in [0, 0.05) is 24.2 Å². The van der Waals surface area contributed by atoms with Gasteiger partial charge in [0.05, 0.1) is 19.5 Å². The van der Waals surface area contributed by atoms with Gasteiger partial charge in [-0.2, -0.15) is 5.10 Å². The highest BCUT2D eigenvalue weighted by Crippen LogP contribution is 2.36. The molecule has 30 heavy (non-hydrogen) atoms. The summed E-state index contributed by atoms with van der Waals surface area (Å²) < 4.78 is 25.6. The summed E-state index contributed by atoms with van der Waals surface area (Å²) in [6.45, 7) is 0.236. The molecule has 2 amide bonds. The van der Waals surface area contributed by atoms with E-state index in [9.17, 15) is 14.0 Å². The first-order chi connectivity index (χ1) is 14.5. The van der Waals surface area contributed by atoms with Crippen molar-refractivity contribution < 1.29 is 23.5 Å². The number of halogens is 2. The molecule has 156 valence electrons. The second kappa shape index (κ2) is 8.11. The van der Waals surface area contributed by atoms with Gasteiger partial charge >= 0.3 is 6.09 Å². The predicted molar refractivity (Wildman–Crippen MR) is 103 cm³/mol. The molecule has 4 rings (SSSR count). The largest absolute Gasteiger partial charge is 0.481 e. The minimum Gasteiger partial charge on any atom is -0.481 e. The summed E-state index contributed by atoms with van der Waals surface area (Å²) >= 11 is 5.61. The van der Waals surface area contributed by atoms with E-state index < -0.39 is 23.9 Å². The van der Waals surface area contributed by atoms with Crippen LogP contribution in [0.25, 0.3) is 5.65 Å². The molecular weight excluding hydrogens is 419 g/mol. The van der Waals surface area contributed by atoms with Crippen LogP contribution in [0.5, 0.6) is 5.88 Å². The lowest BCUT2D eigenvalue weighted by Crippen LogP contribution is -2.29. The Morgan fingerprint density at radius 2 is 2.30 bits per heavy atom. The Hall–Kier alpha value is -3.47. The predicted octanol–water partition coefficient (Wildman–Crippen LogP) is 1.94. The molecule has 1 atom stereocenters. The molecule has 0 spiro atoms. The van der Waals surface area contributed by atoms with Crippen LogP contribution in [-0.2, 0) is 4.74 Å². The van der Waals surface area contributed by atoms with Crippen LogP contribution in [0.3, 0.4) is 0 Å². The van der Waals surface area contributed by atoms with Gasteiger partial charge in [-0.05, 0) is 12.1 Å². The molecule has 0 bridgehead atoms. The quantitative estimate of drug-likeness (QED) is 0.590. The van der Waals surface area contributed by atoms with E-state index in [1.807, 2.05) is 0 Å². The lowest BCUT2D eigenvalue weighted by atomic mass is 10.1. The maximum absolute atomic E-state index is 13.8. The molecule has 10 nitrogen and oxygen atoms in total. The standard InChI is InChI=1S/C18H16ClFN6O4/c1-29-17-11(6-10(20)7-22-17)13-9-30-18(28)26(13)14-2-5-25-15(24-14)12(8-23-25)16(27)21-4-3-19/h2,5-8,13H,3-4,9H2,1H3,(H,21,27)/t13-/m1/s1. The summed E-state index contributed by atoms with van der Waals surface area (Å²) in [7, 11) is 1.40. The Morgan fingerprint density at radius 3 is 3.07 bits per heavy atom. The van der Waals surface area contributed by atoms with Crippen molar-refractivity contribution in [3.8, 4) is 5.88 Å². The summed E-state index contributed by atoms with van der Waals surface area (Å²) in [5.41, 5.74) is 0.789. The first-order valence-corrected chi connectivity index (χ1v) is 9.41. The first kappa shape index (κ1) is 19.8. The molecule has 12 heteroatoms. The lowest BCUT2D eigenvalue weighted by molar-refractivity contribution is 0.0957. The van der Waals surface area contributed by atoms with E-state index in [4.69, 9.17) is 21.1 Å². The third-order valence-electron chi connectivity index (χ3n) is 4.50. The fourth-order valence-electron chi connectivity index (χ4n) is 3.16. The van der Waals surface area contributed by atoms with E-state index in [1.54, 1.807) is 12.3 Å². The van der Waals surface area contributed by atoms with Gasteiger partial charge in [-0.3, -0.25) is 9.69 Å². The molecule has 0 radical (unpaired) electrons. The summed E-state index contributed by atoms with van der Waals surface area (Å²) in [6, 6.07) is 2.05. The highest BCUT2D eigenvalue weighted by molar-refractivity contribution is 6.18. The number of nitrogens with zero attached hydrogens (tertiary/aromatic N) is 5. The Morgan fingerprint density at radius 1 is 1.47 bits per heavy atom. The van der Waals surface area contributed by atoms with Gasteiger partial charge in [-0.25, -0.2) is 23.7 Å². The van der Waals surface area contributed by atoms with Crippen LogP contribution in [0.15, 0.2) is 30.7 Å². The van der Waals surface area contributed by atoms with Crippen LogP contribution in [0.2, 0.25) is 0 Å². The van der Waals surface area contributed by atoms with Crippen molar-refractivity contribution in [1.82, 2.24) is 24.9 Å². The highest BCUT2D eigenvalue weighted by Gasteiger charge is 2.39. The maximum Gasteiger partial charge on any atom is 0.416 e. The van der Waals surface area contributed by atoms with E-state index >= 15 is 0 Å². The number of amides is 2. The topological polar surface area (TPSA) is 111 Å². The molecule has 4 heterocycles. The zero-order valence-electron chi connectivity index (χ0n) is 15.7. The number of carbonyl (C=O) groups excluding carboxylic acids is 2. The van der Waals surface area contributed by atoms with Crippen LogP contribution in [0, 0.1) is 5.82 Å². The Labute approximate surface area is 174 Å². The van der Waals surface area contributed by atoms with Crippen molar-refractivity contribution in [2.45, 2.75) is 6.04 Å². The summed E-state index contributed by atoms with van der Waals surface area (Å²) in [4.78, 5) is 34.4. The zero-order chi connectivity index (χ0) is 21.3. The molecule has 3 aromatic rings. The van der Waals surface area contributed by atoms with E-state index in [0.717, 1.165) is 6.20 Å². The lowest BCUT2D eigenvalue weighted by Gasteiger charge is -2.22. The Balaban J connectivity index is 1.75. The number of pyridine rings is 1. The number of anilines is 1. The number of nitrogens with one attached hydrogen (secondary N) is 1. The molecule has 0 aromatic carbocycles. The summed E-state index contributed by atoms with van der Waals surface area (Å²) in [5, 5.41) is 6.74. The molecule has 0 saturated carbocycles. The van der Waals surface area contributed by atoms with Crippen LogP contribution >= 0.6 is 11.6 Å². The maximum atomic E-state index is 13.8. The van der Waals surface area contributed by atoms with E-state index in [1.165, 1.54) is 28.8 Å². The van der Waals surface area contributed by atoms with Crippen LogP contribution in [-0.4, -0.2) is 57.7 Å². The van der Waals surface area contributed by atoms with Gasteiger partial charge in [-0.1, -0.05) is 0 Å². The fourth-order valence-corrected chi connectivity index (χ4v) is 3.26. The van der Waals surface area contributed by atoms with E-state index in [2.05, 4.69) is 20.4 Å². The van der Waals surface area contributed by atoms with Gasteiger partial charge in [0.1, 0.15) is 29.8 Å². The summed E-state index contributed by atoms with van der Waals surface area (Å²) in [5.74, 6) is -0.354. The van der Waals surface area contributed by atoms with Crippen molar-refractivity contribution >= 4 is 35.1 Å². The van der Waals surface area contributed by atoms with E-state index in [0.29, 0.717) is 5.56 Å². The molecule has 1 saturated heterocycles. The molecule has 0 unspecified atom stereocenters. The molecular formula is C18H16ClFN6O4. The summed E-state index contributed by atoms with van der Waals surface area (Å²) in [6.07, 6.45) is 3.28. The molecule has 1 aliphatic rings. The monoisotopic (exact) mass is 434 g/mol. The van der Waals surface area contributed by atoms with Crippen molar-refractivity contribution in [3.05, 3.63) is 47.7 Å². The third kappa shape index (κ3) is 3.47. The average molecular weight is 435 g/mol. The first-order valence-electron chi connectivity index (χ1n) is 8.87. The third-order valence-corrected chi connectivity index (χ3v) is 4.69. The number of hydrogen-bond donors (Lipinski definition) is 1. The molecule has 1 fully saturated rings. The van der Waals surface area contributed by atoms with Gasteiger partial charge in [-0.15, -0.1) is 11.6 Å². The van der Waals surface area contributed by atoms with Crippen LogP contribution < -0.4 is 15.0 Å². The normalized spacial score (nSPS) is 16.0. The average Bonchev–Trinajstić information content (AvgIpc) is 3.34. The second-order valence-electron chi connectivity index (χ2n) is 6.27. The molecule has 3 aromatic heterocycles. The number of aromatic nitrogens is 4. The Kier molecular flexibility index (Phi) is 5.36. The van der Waals surface area contributed by atoms with Crippen molar-refractivity contribution in [2.75, 3.05) is 31.0 Å². The number of ether oxygens (including phenoxy) is 2. The number of methoxy groups -OCH3 is 1. The number of alkyl halides is 1.